The van der Waals surface area contributed by atoms with Crippen molar-refractivity contribution < 1.29 is 5.11 Å². The SMILES string of the molecule is Oc1cccc(-c2cnc3cnc(-c4cc5ccccc5s4)cn23)c1. The molecule has 0 bridgehead atoms. The van der Waals surface area contributed by atoms with E-state index in [1.165, 1.54) is 10.1 Å². The van der Waals surface area contributed by atoms with E-state index in [9.17, 15) is 5.11 Å². The van der Waals surface area contributed by atoms with Crippen molar-refractivity contribution in [2.24, 2.45) is 0 Å². The van der Waals surface area contributed by atoms with Gasteiger partial charge >= 0.3 is 0 Å². The van der Waals surface area contributed by atoms with Crippen LogP contribution in [-0.4, -0.2) is 19.5 Å². The standard InChI is InChI=1S/C20H13N3OS/c24-15-6-3-5-13(8-15)17-10-22-20-11-21-16(12-23(17)20)19-9-14-4-1-2-7-18(14)25-19/h1-12,24H. The zero-order valence-corrected chi connectivity index (χ0v) is 13.9. The molecule has 2 aromatic carbocycles. The molecule has 4 nitrogen and oxygen atoms in total. The lowest BCUT2D eigenvalue weighted by Crippen LogP contribution is -1.91. The van der Waals surface area contributed by atoms with Crippen LogP contribution in [0.15, 0.2) is 73.2 Å². The molecule has 3 heterocycles. The summed E-state index contributed by atoms with van der Waals surface area (Å²) in [5.74, 6) is 0.242. The number of hydrogen-bond donors (Lipinski definition) is 1. The molecule has 1 N–H and O–H groups in total. The van der Waals surface area contributed by atoms with Crippen LogP contribution >= 0.6 is 11.3 Å². The van der Waals surface area contributed by atoms with Crippen molar-refractivity contribution in [2.45, 2.75) is 0 Å². The molecular weight excluding hydrogens is 330 g/mol. The summed E-state index contributed by atoms with van der Waals surface area (Å²) >= 11 is 1.73. The average molecular weight is 343 g/mol. The van der Waals surface area contributed by atoms with Crippen LogP contribution in [0.3, 0.4) is 0 Å². The molecule has 0 aliphatic rings. The van der Waals surface area contributed by atoms with Gasteiger partial charge in [0, 0.05) is 16.5 Å². The van der Waals surface area contributed by atoms with Crippen LogP contribution in [0.25, 0.3) is 37.6 Å². The molecule has 5 heteroatoms. The Hall–Kier alpha value is -3.18. The van der Waals surface area contributed by atoms with Crippen LogP contribution in [0.4, 0.5) is 0 Å². The van der Waals surface area contributed by atoms with Gasteiger partial charge in [0.05, 0.1) is 28.7 Å². The van der Waals surface area contributed by atoms with Gasteiger partial charge in [-0.1, -0.05) is 30.3 Å². The lowest BCUT2D eigenvalue weighted by molar-refractivity contribution is 0.475. The molecule has 25 heavy (non-hydrogen) atoms. The molecule has 3 aromatic heterocycles. The molecule has 120 valence electrons. The Labute approximate surface area is 147 Å². The van der Waals surface area contributed by atoms with Gasteiger partial charge in [0.2, 0.25) is 0 Å². The van der Waals surface area contributed by atoms with E-state index in [1.807, 2.05) is 28.8 Å². The molecule has 5 aromatic rings. The van der Waals surface area contributed by atoms with Crippen LogP contribution in [0.2, 0.25) is 0 Å². The third-order valence-electron chi connectivity index (χ3n) is 4.22. The fourth-order valence-electron chi connectivity index (χ4n) is 3.00. The minimum Gasteiger partial charge on any atom is -0.508 e. The first-order valence-electron chi connectivity index (χ1n) is 7.89. The van der Waals surface area contributed by atoms with E-state index in [0.717, 1.165) is 27.5 Å². The second-order valence-electron chi connectivity index (χ2n) is 5.84. The first kappa shape index (κ1) is 14.2. The second-order valence-corrected chi connectivity index (χ2v) is 6.93. The van der Waals surface area contributed by atoms with Crippen molar-refractivity contribution in [3.05, 3.63) is 73.2 Å². The molecular formula is C20H13N3OS. The number of hydrogen-bond acceptors (Lipinski definition) is 4. The third-order valence-corrected chi connectivity index (χ3v) is 5.35. The number of aromatic hydroxyl groups is 1. The van der Waals surface area contributed by atoms with Crippen molar-refractivity contribution in [3.63, 3.8) is 0 Å². The van der Waals surface area contributed by atoms with Gasteiger partial charge in [0.15, 0.2) is 5.65 Å². The van der Waals surface area contributed by atoms with E-state index >= 15 is 0 Å². The average Bonchev–Trinajstić information content (AvgIpc) is 3.25. The van der Waals surface area contributed by atoms with Crippen molar-refractivity contribution >= 4 is 27.1 Å². The van der Waals surface area contributed by atoms with E-state index in [1.54, 1.807) is 35.9 Å². The van der Waals surface area contributed by atoms with Crippen molar-refractivity contribution in [2.75, 3.05) is 0 Å². The summed E-state index contributed by atoms with van der Waals surface area (Å²) < 4.78 is 3.26. The largest absolute Gasteiger partial charge is 0.508 e. The van der Waals surface area contributed by atoms with Crippen molar-refractivity contribution in [1.29, 1.82) is 0 Å². The maximum atomic E-state index is 9.76. The highest BCUT2D eigenvalue weighted by Crippen LogP contribution is 2.33. The lowest BCUT2D eigenvalue weighted by Gasteiger charge is -2.04. The number of phenols is 1. The van der Waals surface area contributed by atoms with Gasteiger partial charge < -0.3 is 5.11 Å². The number of nitrogens with zero attached hydrogens (tertiary/aromatic N) is 3. The van der Waals surface area contributed by atoms with Gasteiger partial charge in [-0.15, -0.1) is 11.3 Å². The molecule has 0 radical (unpaired) electrons. The van der Waals surface area contributed by atoms with Gasteiger partial charge in [0.1, 0.15) is 5.75 Å². The molecule has 0 saturated carbocycles. The maximum Gasteiger partial charge on any atom is 0.155 e. The maximum absolute atomic E-state index is 9.76. The molecule has 0 unspecified atom stereocenters. The van der Waals surface area contributed by atoms with Crippen LogP contribution in [0.5, 0.6) is 5.75 Å². The topological polar surface area (TPSA) is 50.4 Å². The number of imidazole rings is 1. The summed E-state index contributed by atoms with van der Waals surface area (Å²) in [6, 6.07) is 17.7. The van der Waals surface area contributed by atoms with Crippen LogP contribution in [-0.2, 0) is 0 Å². The number of fused-ring (bicyclic) bond motifs is 2. The molecule has 0 atom stereocenters. The number of aromatic nitrogens is 3. The van der Waals surface area contributed by atoms with Gasteiger partial charge in [-0.25, -0.2) is 9.97 Å². The summed E-state index contributed by atoms with van der Waals surface area (Å²) in [6.45, 7) is 0. The van der Waals surface area contributed by atoms with Gasteiger partial charge in [-0.05, 0) is 29.7 Å². The molecule has 0 fully saturated rings. The Morgan fingerprint density at radius 1 is 0.920 bits per heavy atom. The molecule has 0 aliphatic carbocycles. The fraction of sp³-hybridized carbons (Fsp3) is 0. The fourth-order valence-corrected chi connectivity index (χ4v) is 4.03. The smallest absolute Gasteiger partial charge is 0.155 e. The Kier molecular flexibility index (Phi) is 3.08. The van der Waals surface area contributed by atoms with E-state index in [-0.39, 0.29) is 5.75 Å². The molecule has 0 saturated heterocycles. The van der Waals surface area contributed by atoms with E-state index in [2.05, 4.69) is 34.2 Å². The van der Waals surface area contributed by atoms with Gasteiger partial charge in [0.25, 0.3) is 0 Å². The summed E-state index contributed by atoms with van der Waals surface area (Å²) in [4.78, 5) is 10.1. The summed E-state index contributed by atoms with van der Waals surface area (Å²) in [7, 11) is 0. The second kappa shape index (κ2) is 5.43. The van der Waals surface area contributed by atoms with Crippen molar-refractivity contribution in [3.8, 4) is 27.6 Å². The molecule has 0 amide bonds. The normalized spacial score (nSPS) is 11.4. The van der Waals surface area contributed by atoms with Crippen molar-refractivity contribution in [1.82, 2.24) is 14.4 Å². The monoisotopic (exact) mass is 343 g/mol. The van der Waals surface area contributed by atoms with Gasteiger partial charge in [-0.3, -0.25) is 4.40 Å². The third kappa shape index (κ3) is 2.37. The summed E-state index contributed by atoms with van der Waals surface area (Å²) in [5, 5.41) is 11.0. The molecule has 5 rings (SSSR count). The zero-order chi connectivity index (χ0) is 16.8. The molecule has 0 spiro atoms. The Balaban J connectivity index is 1.69. The number of benzene rings is 2. The van der Waals surface area contributed by atoms with Crippen LogP contribution in [0.1, 0.15) is 0 Å². The highest BCUT2D eigenvalue weighted by Gasteiger charge is 2.10. The number of rotatable bonds is 2. The Bertz CT molecular complexity index is 1190. The van der Waals surface area contributed by atoms with Gasteiger partial charge in [-0.2, -0.15) is 0 Å². The van der Waals surface area contributed by atoms with Crippen LogP contribution in [0, 0.1) is 0 Å². The van der Waals surface area contributed by atoms with E-state index in [4.69, 9.17) is 0 Å². The quantitative estimate of drug-likeness (QED) is 0.491. The Morgan fingerprint density at radius 3 is 2.72 bits per heavy atom. The zero-order valence-electron chi connectivity index (χ0n) is 13.1. The summed E-state index contributed by atoms with van der Waals surface area (Å²) in [6.07, 6.45) is 5.60. The minimum absolute atomic E-state index is 0.242. The predicted molar refractivity (Wildman–Crippen MR) is 101 cm³/mol. The highest BCUT2D eigenvalue weighted by molar-refractivity contribution is 7.22. The number of phenolic OH excluding ortho intramolecular Hbond substituents is 1. The number of thiophene rings is 1. The van der Waals surface area contributed by atoms with E-state index < -0.39 is 0 Å². The first-order valence-corrected chi connectivity index (χ1v) is 8.71. The predicted octanol–water partition coefficient (Wildman–Crippen LogP) is 4.98. The minimum atomic E-state index is 0.242. The molecule has 0 aliphatic heterocycles. The first-order chi connectivity index (χ1) is 12.3. The summed E-state index contributed by atoms with van der Waals surface area (Å²) in [5.41, 5.74) is 3.54. The van der Waals surface area contributed by atoms with E-state index in [0.29, 0.717) is 0 Å². The Morgan fingerprint density at radius 2 is 1.84 bits per heavy atom. The lowest BCUT2D eigenvalue weighted by atomic mass is 10.1. The highest BCUT2D eigenvalue weighted by atomic mass is 32.1. The van der Waals surface area contributed by atoms with Crippen LogP contribution < -0.4 is 0 Å².